The van der Waals surface area contributed by atoms with Gasteiger partial charge in [-0.1, -0.05) is 30.3 Å². The topological polar surface area (TPSA) is 61.9 Å². The van der Waals surface area contributed by atoms with E-state index in [1.54, 1.807) is 34.9 Å². The second-order valence-corrected chi connectivity index (χ2v) is 7.11. The van der Waals surface area contributed by atoms with Gasteiger partial charge in [0.25, 0.3) is 0 Å². The summed E-state index contributed by atoms with van der Waals surface area (Å²) >= 11 is 0. The van der Waals surface area contributed by atoms with Gasteiger partial charge in [-0.3, -0.25) is 9.69 Å². The lowest BCUT2D eigenvalue weighted by Gasteiger charge is -2.28. The molecule has 1 aromatic carbocycles. The van der Waals surface area contributed by atoms with E-state index >= 15 is 0 Å². The summed E-state index contributed by atoms with van der Waals surface area (Å²) in [5, 5.41) is 2.68. The molecule has 134 valence electrons. The van der Waals surface area contributed by atoms with Crippen LogP contribution in [0.25, 0.3) is 0 Å². The van der Waals surface area contributed by atoms with E-state index in [4.69, 9.17) is 4.74 Å². The van der Waals surface area contributed by atoms with Gasteiger partial charge in [-0.25, -0.2) is 4.79 Å². The smallest absolute Gasteiger partial charge is 0.408 e. The van der Waals surface area contributed by atoms with Gasteiger partial charge in [-0.05, 0) is 33.4 Å². The Morgan fingerprint density at radius 3 is 2.21 bits per heavy atom. The number of hydrogen-bond donors (Lipinski definition) is 1. The van der Waals surface area contributed by atoms with Crippen LogP contribution in [0.15, 0.2) is 30.3 Å². The molecule has 0 bridgehead atoms. The zero-order chi connectivity index (χ0) is 18.3. The summed E-state index contributed by atoms with van der Waals surface area (Å²) < 4.78 is 5.26. The number of amides is 2. The van der Waals surface area contributed by atoms with Crippen molar-refractivity contribution in [2.45, 2.75) is 39.0 Å². The van der Waals surface area contributed by atoms with E-state index in [-0.39, 0.29) is 5.91 Å². The molecule has 6 heteroatoms. The van der Waals surface area contributed by atoms with Crippen molar-refractivity contribution in [2.24, 2.45) is 0 Å². The third-order valence-electron chi connectivity index (χ3n) is 3.22. The highest BCUT2D eigenvalue weighted by molar-refractivity contribution is 5.85. The van der Waals surface area contributed by atoms with Crippen molar-refractivity contribution in [1.29, 1.82) is 0 Å². The second-order valence-electron chi connectivity index (χ2n) is 7.11. The Kier molecular flexibility index (Phi) is 7.22. The first-order valence-electron chi connectivity index (χ1n) is 8.01. The standard InChI is InChI=1S/C18H29N3O3/c1-18(2,3)24-17(23)19-15(16(22)20(4)5)13-21(6)12-14-10-8-7-9-11-14/h7-11,15H,12-13H2,1-6H3,(H,19,23). The number of rotatable bonds is 6. The van der Waals surface area contributed by atoms with E-state index in [0.717, 1.165) is 5.56 Å². The Morgan fingerprint density at radius 2 is 1.71 bits per heavy atom. The maximum Gasteiger partial charge on any atom is 0.408 e. The second kappa shape index (κ2) is 8.68. The Morgan fingerprint density at radius 1 is 1.12 bits per heavy atom. The maximum atomic E-state index is 12.4. The van der Waals surface area contributed by atoms with Crippen molar-refractivity contribution < 1.29 is 14.3 Å². The number of likely N-dealkylation sites (N-methyl/N-ethyl adjacent to an activating group) is 2. The van der Waals surface area contributed by atoms with Crippen molar-refractivity contribution in [3.63, 3.8) is 0 Å². The molecule has 0 aliphatic rings. The van der Waals surface area contributed by atoms with Gasteiger partial charge in [0.05, 0.1) is 0 Å². The average molecular weight is 335 g/mol. The van der Waals surface area contributed by atoms with Gasteiger partial charge in [0, 0.05) is 27.2 Å². The van der Waals surface area contributed by atoms with Crippen LogP contribution in [0.4, 0.5) is 4.79 Å². The molecule has 0 saturated heterocycles. The molecule has 2 amide bonds. The molecule has 24 heavy (non-hydrogen) atoms. The monoisotopic (exact) mass is 335 g/mol. The molecular formula is C18H29N3O3. The van der Waals surface area contributed by atoms with Crippen LogP contribution in [0.5, 0.6) is 0 Å². The van der Waals surface area contributed by atoms with Crippen LogP contribution in [0.3, 0.4) is 0 Å². The number of nitrogens with zero attached hydrogens (tertiary/aromatic N) is 2. The summed E-state index contributed by atoms with van der Waals surface area (Å²) in [5.41, 5.74) is 0.541. The summed E-state index contributed by atoms with van der Waals surface area (Å²) in [6.07, 6.45) is -0.587. The quantitative estimate of drug-likeness (QED) is 0.865. The molecule has 0 aromatic heterocycles. The number of hydrogen-bond acceptors (Lipinski definition) is 4. The molecule has 6 nitrogen and oxygen atoms in total. The van der Waals surface area contributed by atoms with Gasteiger partial charge in [0.1, 0.15) is 11.6 Å². The molecule has 0 aliphatic heterocycles. The number of carbonyl (C=O) groups is 2. The first-order valence-corrected chi connectivity index (χ1v) is 8.01. The van der Waals surface area contributed by atoms with Crippen LogP contribution in [-0.4, -0.2) is 61.1 Å². The minimum Gasteiger partial charge on any atom is -0.444 e. The fourth-order valence-corrected chi connectivity index (χ4v) is 2.22. The van der Waals surface area contributed by atoms with Crippen molar-refractivity contribution in [1.82, 2.24) is 15.1 Å². The van der Waals surface area contributed by atoms with Gasteiger partial charge in [0.15, 0.2) is 0 Å². The number of alkyl carbamates (subject to hydrolysis) is 1. The molecule has 0 spiro atoms. The normalized spacial score (nSPS) is 12.6. The van der Waals surface area contributed by atoms with E-state index in [2.05, 4.69) is 5.32 Å². The van der Waals surface area contributed by atoms with Gasteiger partial charge in [-0.15, -0.1) is 0 Å². The maximum absolute atomic E-state index is 12.4. The Hall–Kier alpha value is -2.08. The Balaban J connectivity index is 2.71. The first-order chi connectivity index (χ1) is 11.1. The highest BCUT2D eigenvalue weighted by Crippen LogP contribution is 2.08. The SMILES string of the molecule is CN(Cc1ccccc1)CC(NC(=O)OC(C)(C)C)C(=O)N(C)C. The lowest BCUT2D eigenvalue weighted by Crippen LogP contribution is -2.52. The molecule has 1 unspecified atom stereocenters. The average Bonchev–Trinajstić information content (AvgIpc) is 2.44. The van der Waals surface area contributed by atoms with E-state index in [0.29, 0.717) is 13.1 Å². The fraction of sp³-hybridized carbons (Fsp3) is 0.556. The number of nitrogens with one attached hydrogen (secondary N) is 1. The summed E-state index contributed by atoms with van der Waals surface area (Å²) in [6, 6.07) is 9.31. The predicted octanol–water partition coefficient (Wildman–Crippen LogP) is 2.10. The Bertz CT molecular complexity index is 538. The van der Waals surface area contributed by atoms with Crippen LogP contribution in [0, 0.1) is 0 Å². The van der Waals surface area contributed by atoms with Gasteiger partial charge >= 0.3 is 6.09 Å². The minimum atomic E-state index is -0.663. The zero-order valence-electron chi connectivity index (χ0n) is 15.5. The van der Waals surface area contributed by atoms with E-state index in [1.165, 1.54) is 4.90 Å². The third-order valence-corrected chi connectivity index (χ3v) is 3.22. The van der Waals surface area contributed by atoms with E-state index < -0.39 is 17.7 Å². The molecule has 0 saturated carbocycles. The highest BCUT2D eigenvalue weighted by Gasteiger charge is 2.26. The molecule has 0 aliphatic carbocycles. The number of benzene rings is 1. The summed E-state index contributed by atoms with van der Waals surface area (Å²) in [5.74, 6) is -0.166. The van der Waals surface area contributed by atoms with Gasteiger partial charge in [0.2, 0.25) is 5.91 Å². The molecule has 1 N–H and O–H groups in total. The highest BCUT2D eigenvalue weighted by atomic mass is 16.6. The fourth-order valence-electron chi connectivity index (χ4n) is 2.22. The minimum absolute atomic E-state index is 0.166. The third kappa shape index (κ3) is 7.46. The zero-order valence-corrected chi connectivity index (χ0v) is 15.5. The molecule has 0 fully saturated rings. The molecule has 0 radical (unpaired) electrons. The van der Waals surface area contributed by atoms with Crippen molar-refractivity contribution >= 4 is 12.0 Å². The van der Waals surface area contributed by atoms with Crippen LogP contribution >= 0.6 is 0 Å². The van der Waals surface area contributed by atoms with Crippen LogP contribution in [-0.2, 0) is 16.1 Å². The largest absolute Gasteiger partial charge is 0.444 e. The molecular weight excluding hydrogens is 306 g/mol. The first kappa shape index (κ1) is 20.0. The van der Waals surface area contributed by atoms with Crippen molar-refractivity contribution in [2.75, 3.05) is 27.7 Å². The van der Waals surface area contributed by atoms with Crippen molar-refractivity contribution in [3.8, 4) is 0 Å². The van der Waals surface area contributed by atoms with E-state index in [9.17, 15) is 9.59 Å². The van der Waals surface area contributed by atoms with Crippen LogP contribution in [0.2, 0.25) is 0 Å². The summed E-state index contributed by atoms with van der Waals surface area (Å²) in [7, 11) is 5.26. The Labute approximate surface area is 144 Å². The van der Waals surface area contributed by atoms with E-state index in [1.807, 2.05) is 42.3 Å². The molecule has 0 heterocycles. The molecule has 1 atom stereocenters. The predicted molar refractivity (Wildman–Crippen MR) is 94.6 cm³/mol. The summed E-state index contributed by atoms with van der Waals surface area (Å²) in [6.45, 7) is 6.45. The van der Waals surface area contributed by atoms with Gasteiger partial charge < -0.3 is 15.0 Å². The van der Waals surface area contributed by atoms with Crippen LogP contribution < -0.4 is 5.32 Å². The lowest BCUT2D eigenvalue weighted by molar-refractivity contribution is -0.131. The van der Waals surface area contributed by atoms with Crippen molar-refractivity contribution in [3.05, 3.63) is 35.9 Å². The van der Waals surface area contributed by atoms with Crippen LogP contribution in [0.1, 0.15) is 26.3 Å². The summed E-state index contributed by atoms with van der Waals surface area (Å²) in [4.78, 5) is 27.8. The van der Waals surface area contributed by atoms with Gasteiger partial charge in [-0.2, -0.15) is 0 Å². The lowest BCUT2D eigenvalue weighted by atomic mass is 10.2. The molecule has 1 rings (SSSR count). The molecule has 1 aromatic rings. The number of carbonyl (C=O) groups excluding carboxylic acids is 2. The number of ether oxygens (including phenoxy) is 1.